The maximum absolute atomic E-state index is 12.3. The van der Waals surface area contributed by atoms with Crippen LogP contribution in [-0.4, -0.2) is 29.6 Å². The summed E-state index contributed by atoms with van der Waals surface area (Å²) in [7, 11) is 0. The first-order valence-corrected chi connectivity index (χ1v) is 9.70. The molecule has 2 saturated carbocycles. The third-order valence-corrected chi connectivity index (χ3v) is 6.28. The van der Waals surface area contributed by atoms with Gasteiger partial charge in [-0.25, -0.2) is 4.79 Å². The lowest BCUT2D eigenvalue weighted by molar-refractivity contribution is -0.125. The highest BCUT2D eigenvalue weighted by atomic mass is 16.5. The van der Waals surface area contributed by atoms with Crippen molar-refractivity contribution < 1.29 is 19.4 Å². The second kappa shape index (κ2) is 7.22. The summed E-state index contributed by atoms with van der Waals surface area (Å²) >= 11 is 0. The maximum Gasteiger partial charge on any atom is 0.342 e. The van der Waals surface area contributed by atoms with E-state index in [-0.39, 0.29) is 29.9 Å². The molecule has 5 nitrogen and oxygen atoms in total. The lowest BCUT2D eigenvalue weighted by Crippen LogP contribution is -2.42. The normalized spacial score (nSPS) is 24.7. The Morgan fingerprint density at radius 1 is 1.19 bits per heavy atom. The van der Waals surface area contributed by atoms with Gasteiger partial charge in [-0.2, -0.15) is 0 Å². The van der Waals surface area contributed by atoms with Crippen molar-refractivity contribution in [3.05, 3.63) is 42.0 Å². The molecule has 0 aromatic heterocycles. The number of fused-ring (bicyclic) bond motifs is 3. The van der Waals surface area contributed by atoms with Crippen molar-refractivity contribution >= 4 is 22.6 Å². The molecule has 2 bridgehead atoms. The van der Waals surface area contributed by atoms with Gasteiger partial charge in [0.1, 0.15) is 11.3 Å². The zero-order valence-electron chi connectivity index (χ0n) is 15.5. The average molecular weight is 367 g/mol. The van der Waals surface area contributed by atoms with Crippen LogP contribution in [0.1, 0.15) is 43.0 Å². The Hall–Kier alpha value is -2.56. The molecule has 4 rings (SSSR count). The number of benzene rings is 2. The van der Waals surface area contributed by atoms with Crippen LogP contribution in [0.2, 0.25) is 0 Å². The number of amides is 1. The fourth-order valence-corrected chi connectivity index (χ4v) is 4.94. The van der Waals surface area contributed by atoms with Crippen molar-refractivity contribution in [1.82, 2.24) is 5.32 Å². The molecule has 2 aliphatic carbocycles. The van der Waals surface area contributed by atoms with Gasteiger partial charge >= 0.3 is 5.97 Å². The quantitative estimate of drug-likeness (QED) is 0.791. The van der Waals surface area contributed by atoms with Crippen molar-refractivity contribution in [2.75, 3.05) is 6.61 Å². The fourth-order valence-electron chi connectivity index (χ4n) is 4.94. The van der Waals surface area contributed by atoms with Gasteiger partial charge in [0.2, 0.25) is 0 Å². The molecule has 2 aromatic carbocycles. The van der Waals surface area contributed by atoms with Gasteiger partial charge in [0.05, 0.1) is 0 Å². The number of ether oxygens (including phenoxy) is 1. The van der Waals surface area contributed by atoms with Gasteiger partial charge in [-0.05, 0) is 55.4 Å². The molecule has 2 N–H and O–H groups in total. The summed E-state index contributed by atoms with van der Waals surface area (Å²) in [5.41, 5.74) is 0.0719. The van der Waals surface area contributed by atoms with E-state index >= 15 is 0 Å². The second-order valence-corrected chi connectivity index (χ2v) is 7.95. The van der Waals surface area contributed by atoms with E-state index in [1.165, 1.54) is 31.7 Å². The van der Waals surface area contributed by atoms with Gasteiger partial charge in [-0.3, -0.25) is 4.79 Å². The van der Waals surface area contributed by atoms with Crippen molar-refractivity contribution in [1.29, 1.82) is 0 Å². The summed E-state index contributed by atoms with van der Waals surface area (Å²) in [5.74, 6) is 0.983. The number of carbonyl (C=O) groups excluding carboxylic acids is 2. The van der Waals surface area contributed by atoms with Crippen LogP contribution in [0.3, 0.4) is 0 Å². The van der Waals surface area contributed by atoms with E-state index in [2.05, 4.69) is 5.32 Å². The molecule has 2 aliphatic rings. The Kier molecular flexibility index (Phi) is 4.77. The van der Waals surface area contributed by atoms with Crippen LogP contribution in [0.5, 0.6) is 5.75 Å². The Morgan fingerprint density at radius 2 is 2.00 bits per heavy atom. The smallest absolute Gasteiger partial charge is 0.342 e. The lowest BCUT2D eigenvalue weighted by atomic mass is 9.84. The minimum atomic E-state index is -0.694. The monoisotopic (exact) mass is 367 g/mol. The number of aromatic hydroxyl groups is 1. The highest BCUT2D eigenvalue weighted by molar-refractivity contribution is 6.01. The third kappa shape index (κ3) is 3.51. The van der Waals surface area contributed by atoms with Crippen molar-refractivity contribution in [2.45, 2.75) is 38.6 Å². The second-order valence-electron chi connectivity index (χ2n) is 7.95. The molecule has 5 heteroatoms. The van der Waals surface area contributed by atoms with Crippen LogP contribution in [-0.2, 0) is 9.53 Å². The SMILES string of the molecule is C[C@H](NC(=O)COC(=O)c1ccc2ccccc2c1O)[C@@H]1C[C@H]2CC[C@H]1C2. The van der Waals surface area contributed by atoms with E-state index in [1.807, 2.05) is 19.1 Å². The first-order chi connectivity index (χ1) is 13.0. The largest absolute Gasteiger partial charge is 0.506 e. The van der Waals surface area contributed by atoms with Gasteiger partial charge in [-0.15, -0.1) is 0 Å². The molecule has 2 fully saturated rings. The number of carbonyl (C=O) groups is 2. The molecule has 2 aromatic rings. The van der Waals surface area contributed by atoms with Crippen molar-refractivity contribution in [2.24, 2.45) is 17.8 Å². The highest BCUT2D eigenvalue weighted by Crippen LogP contribution is 2.49. The number of phenols is 1. The maximum atomic E-state index is 12.3. The Bertz CT molecular complexity index is 878. The summed E-state index contributed by atoms with van der Waals surface area (Å²) in [6.07, 6.45) is 5.08. The first kappa shape index (κ1) is 17.8. The van der Waals surface area contributed by atoms with E-state index in [1.54, 1.807) is 18.2 Å². The molecule has 0 aliphatic heterocycles. The first-order valence-electron chi connectivity index (χ1n) is 9.70. The zero-order chi connectivity index (χ0) is 19.0. The van der Waals surface area contributed by atoms with Crippen LogP contribution in [0.25, 0.3) is 10.8 Å². The fraction of sp³-hybridized carbons (Fsp3) is 0.455. The predicted molar refractivity (Wildman–Crippen MR) is 102 cm³/mol. The highest BCUT2D eigenvalue weighted by Gasteiger charge is 2.42. The van der Waals surface area contributed by atoms with Crippen LogP contribution in [0.4, 0.5) is 0 Å². The Morgan fingerprint density at radius 3 is 2.74 bits per heavy atom. The van der Waals surface area contributed by atoms with Crippen molar-refractivity contribution in [3.63, 3.8) is 0 Å². The number of phenolic OH excluding ortho intramolecular Hbond substituents is 1. The third-order valence-electron chi connectivity index (χ3n) is 6.28. The minimum absolute atomic E-state index is 0.0719. The molecule has 0 saturated heterocycles. The zero-order valence-corrected chi connectivity index (χ0v) is 15.5. The number of esters is 1. The number of rotatable bonds is 5. The molecule has 4 atom stereocenters. The van der Waals surface area contributed by atoms with Gasteiger partial charge < -0.3 is 15.2 Å². The molecule has 0 unspecified atom stereocenters. The molecule has 0 spiro atoms. The van der Waals surface area contributed by atoms with Crippen LogP contribution < -0.4 is 5.32 Å². The molecule has 27 heavy (non-hydrogen) atoms. The topological polar surface area (TPSA) is 75.6 Å². The molecule has 142 valence electrons. The van der Waals surface area contributed by atoms with Gasteiger partial charge in [0, 0.05) is 11.4 Å². The van der Waals surface area contributed by atoms with E-state index in [4.69, 9.17) is 4.74 Å². The predicted octanol–water partition coefficient (Wildman–Crippen LogP) is 3.64. The van der Waals surface area contributed by atoms with Gasteiger partial charge in [0.15, 0.2) is 6.61 Å². The van der Waals surface area contributed by atoms with Gasteiger partial charge in [-0.1, -0.05) is 36.8 Å². The number of nitrogens with one attached hydrogen (secondary N) is 1. The standard InChI is InChI=1S/C22H25NO4/c1-13(19-11-14-6-7-16(19)10-14)23-20(24)12-27-22(26)18-9-8-15-4-2-3-5-17(15)21(18)25/h2-5,8-9,13-14,16,19,25H,6-7,10-12H2,1H3,(H,23,24)/t13-,14-,16-,19-/m0/s1. The van der Waals surface area contributed by atoms with Crippen molar-refractivity contribution in [3.8, 4) is 5.75 Å². The molecule has 0 heterocycles. The van der Waals surface area contributed by atoms with E-state index in [0.29, 0.717) is 11.3 Å². The van der Waals surface area contributed by atoms with Crippen LogP contribution in [0.15, 0.2) is 36.4 Å². The Labute approximate surface area is 158 Å². The summed E-state index contributed by atoms with van der Waals surface area (Å²) in [4.78, 5) is 24.5. The lowest BCUT2D eigenvalue weighted by Gasteiger charge is -2.28. The van der Waals surface area contributed by atoms with Crippen LogP contribution in [0, 0.1) is 17.8 Å². The summed E-state index contributed by atoms with van der Waals surface area (Å²) in [5, 5.41) is 14.7. The van der Waals surface area contributed by atoms with E-state index in [9.17, 15) is 14.7 Å². The molecule has 0 radical (unpaired) electrons. The van der Waals surface area contributed by atoms with Gasteiger partial charge in [0.25, 0.3) is 5.91 Å². The summed E-state index contributed by atoms with van der Waals surface area (Å²) < 4.78 is 5.13. The number of hydrogen-bond donors (Lipinski definition) is 2. The Balaban J connectivity index is 1.34. The van der Waals surface area contributed by atoms with E-state index in [0.717, 1.165) is 17.2 Å². The molecular weight excluding hydrogens is 342 g/mol. The molecule has 1 amide bonds. The number of hydrogen-bond acceptors (Lipinski definition) is 4. The van der Waals surface area contributed by atoms with Crippen LogP contribution >= 0.6 is 0 Å². The summed E-state index contributed by atoms with van der Waals surface area (Å²) in [6, 6.07) is 10.6. The van der Waals surface area contributed by atoms with E-state index < -0.39 is 5.97 Å². The average Bonchev–Trinajstić information content (AvgIpc) is 3.30. The summed E-state index contributed by atoms with van der Waals surface area (Å²) in [6.45, 7) is 1.70. The minimum Gasteiger partial charge on any atom is -0.506 e. The molecular formula is C22H25NO4.